The minimum atomic E-state index is -0.668. The molecule has 0 spiro atoms. The Bertz CT molecular complexity index is 298. The van der Waals surface area contributed by atoms with Crippen molar-refractivity contribution >= 4 is 0 Å². The van der Waals surface area contributed by atoms with Crippen LogP contribution in [-0.2, 0) is 0 Å². The Hall–Kier alpha value is -1.26. The van der Waals surface area contributed by atoms with Gasteiger partial charge in [-0.1, -0.05) is 18.8 Å². The van der Waals surface area contributed by atoms with Crippen LogP contribution < -0.4 is 0 Å². The molecule has 2 atom stereocenters. The maximum absolute atomic E-state index is 9.14. The van der Waals surface area contributed by atoms with Gasteiger partial charge in [-0.05, 0) is 30.4 Å². The molecule has 0 aromatic heterocycles. The van der Waals surface area contributed by atoms with E-state index >= 15 is 0 Å². The van der Waals surface area contributed by atoms with Gasteiger partial charge in [-0.25, -0.2) is 0 Å². The molecule has 15 heavy (non-hydrogen) atoms. The molecule has 82 valence electrons. The maximum atomic E-state index is 9.14. The number of hydrogen-bond acceptors (Lipinski definition) is 3. The van der Waals surface area contributed by atoms with E-state index in [1.165, 1.54) is 12.2 Å². The van der Waals surface area contributed by atoms with Gasteiger partial charge in [-0.2, -0.15) is 0 Å². The van der Waals surface area contributed by atoms with E-state index in [0.29, 0.717) is 12.8 Å². The summed E-state index contributed by atoms with van der Waals surface area (Å²) >= 11 is 0. The predicted octanol–water partition coefficient (Wildman–Crippen LogP) is 0.0636. The van der Waals surface area contributed by atoms with E-state index in [2.05, 4.69) is 23.7 Å². The number of aliphatic hydroxyl groups excluding tert-OH is 3. The molecular formula is C12H16O3. The summed E-state index contributed by atoms with van der Waals surface area (Å²) < 4.78 is 0. The van der Waals surface area contributed by atoms with Crippen LogP contribution in [0.2, 0.25) is 0 Å². The molecule has 0 aromatic rings. The van der Waals surface area contributed by atoms with Crippen LogP contribution in [-0.4, -0.2) is 34.1 Å². The molecule has 0 aliphatic rings. The van der Waals surface area contributed by atoms with E-state index in [4.69, 9.17) is 15.3 Å². The molecule has 3 N–H and O–H groups in total. The largest absolute Gasteiger partial charge is 0.396 e. The summed E-state index contributed by atoms with van der Waals surface area (Å²) in [7, 11) is 0. The molecule has 0 amide bonds. The Labute approximate surface area is 90.4 Å². The van der Waals surface area contributed by atoms with Gasteiger partial charge >= 0.3 is 0 Å². The van der Waals surface area contributed by atoms with Crippen molar-refractivity contribution in [3.8, 4) is 23.7 Å². The number of aliphatic hydroxyl groups is 3. The zero-order valence-electron chi connectivity index (χ0n) is 8.77. The van der Waals surface area contributed by atoms with Crippen molar-refractivity contribution < 1.29 is 15.3 Å². The van der Waals surface area contributed by atoms with Gasteiger partial charge in [0.05, 0.1) is 6.10 Å². The second-order valence-corrected chi connectivity index (χ2v) is 2.90. The molecule has 0 fully saturated rings. The summed E-state index contributed by atoms with van der Waals surface area (Å²) in [5.74, 6) is 10.2. The van der Waals surface area contributed by atoms with Gasteiger partial charge in [0.2, 0.25) is 0 Å². The molecule has 0 heterocycles. The summed E-state index contributed by atoms with van der Waals surface area (Å²) in [4.78, 5) is 0. The third-order valence-corrected chi connectivity index (χ3v) is 1.59. The van der Waals surface area contributed by atoms with Gasteiger partial charge < -0.3 is 15.3 Å². The highest BCUT2D eigenvalue weighted by molar-refractivity contribution is 5.31. The summed E-state index contributed by atoms with van der Waals surface area (Å²) in [5.41, 5.74) is 0. The Kier molecular flexibility index (Phi) is 8.52. The molecule has 0 saturated carbocycles. The van der Waals surface area contributed by atoms with Crippen LogP contribution in [0.4, 0.5) is 0 Å². The molecule has 0 rings (SSSR count). The Morgan fingerprint density at radius 1 is 1.27 bits per heavy atom. The van der Waals surface area contributed by atoms with Crippen LogP contribution in [0.5, 0.6) is 0 Å². The van der Waals surface area contributed by atoms with Gasteiger partial charge in [0.1, 0.15) is 6.10 Å². The highest BCUT2D eigenvalue weighted by atomic mass is 16.3. The van der Waals surface area contributed by atoms with Crippen LogP contribution >= 0.6 is 0 Å². The Morgan fingerprint density at radius 3 is 2.60 bits per heavy atom. The van der Waals surface area contributed by atoms with E-state index in [1.807, 2.05) is 6.92 Å². The van der Waals surface area contributed by atoms with Crippen molar-refractivity contribution in [2.75, 3.05) is 6.61 Å². The average molecular weight is 208 g/mol. The standard InChI is InChI=1S/C12H16O3/c1-2-11(14)7-5-3-4-6-8-12(15)9-10-13/h6,8,11-15H,2,9-10H2,1H3. The maximum Gasteiger partial charge on any atom is 0.115 e. The van der Waals surface area contributed by atoms with Crippen LogP contribution in [0.3, 0.4) is 0 Å². The molecule has 0 aromatic carbocycles. The summed E-state index contributed by atoms with van der Waals surface area (Å²) in [5, 5.41) is 26.7. The number of rotatable bonds is 4. The van der Waals surface area contributed by atoms with Crippen LogP contribution in [0, 0.1) is 23.7 Å². The first-order valence-corrected chi connectivity index (χ1v) is 4.85. The van der Waals surface area contributed by atoms with E-state index in [1.54, 1.807) is 0 Å². The summed E-state index contributed by atoms with van der Waals surface area (Å²) in [6.07, 6.45) is 2.56. The van der Waals surface area contributed by atoms with Crippen LogP contribution in [0.15, 0.2) is 12.2 Å². The average Bonchev–Trinajstić information content (AvgIpc) is 2.23. The quantitative estimate of drug-likeness (QED) is 0.573. The molecule has 3 heteroatoms. The predicted molar refractivity (Wildman–Crippen MR) is 58.7 cm³/mol. The normalized spacial score (nSPS) is 13.6. The molecular weight excluding hydrogens is 192 g/mol. The van der Waals surface area contributed by atoms with E-state index in [9.17, 15) is 0 Å². The van der Waals surface area contributed by atoms with Gasteiger partial charge in [0, 0.05) is 13.0 Å². The molecule has 0 bridgehead atoms. The van der Waals surface area contributed by atoms with Crippen molar-refractivity contribution in [2.24, 2.45) is 0 Å². The fourth-order valence-electron chi connectivity index (χ4n) is 0.687. The first-order valence-electron chi connectivity index (χ1n) is 4.85. The van der Waals surface area contributed by atoms with Crippen molar-refractivity contribution in [1.82, 2.24) is 0 Å². The topological polar surface area (TPSA) is 60.7 Å². The monoisotopic (exact) mass is 208 g/mol. The van der Waals surface area contributed by atoms with Crippen molar-refractivity contribution in [3.63, 3.8) is 0 Å². The van der Waals surface area contributed by atoms with E-state index in [0.717, 1.165) is 0 Å². The molecule has 0 saturated heterocycles. The fourth-order valence-corrected chi connectivity index (χ4v) is 0.687. The molecule has 0 radical (unpaired) electrons. The third-order valence-electron chi connectivity index (χ3n) is 1.59. The van der Waals surface area contributed by atoms with Crippen LogP contribution in [0.25, 0.3) is 0 Å². The van der Waals surface area contributed by atoms with Gasteiger partial charge in [-0.3, -0.25) is 0 Å². The van der Waals surface area contributed by atoms with Gasteiger partial charge in [-0.15, -0.1) is 0 Å². The second kappa shape index (κ2) is 9.30. The first-order chi connectivity index (χ1) is 7.20. The fraction of sp³-hybridized carbons (Fsp3) is 0.500. The van der Waals surface area contributed by atoms with Gasteiger partial charge in [0.15, 0.2) is 0 Å². The lowest BCUT2D eigenvalue weighted by Crippen LogP contribution is -2.03. The Morgan fingerprint density at radius 2 is 2.00 bits per heavy atom. The Balaban J connectivity index is 3.92. The number of hydrogen-bond donors (Lipinski definition) is 3. The minimum Gasteiger partial charge on any atom is -0.396 e. The highest BCUT2D eigenvalue weighted by Gasteiger charge is 1.94. The molecule has 2 unspecified atom stereocenters. The van der Waals surface area contributed by atoms with E-state index in [-0.39, 0.29) is 6.61 Å². The second-order valence-electron chi connectivity index (χ2n) is 2.90. The lowest BCUT2D eigenvalue weighted by Gasteiger charge is -1.98. The first kappa shape index (κ1) is 13.7. The zero-order chi connectivity index (χ0) is 11.5. The smallest absolute Gasteiger partial charge is 0.115 e. The summed E-state index contributed by atoms with van der Waals surface area (Å²) in [6, 6.07) is 0. The van der Waals surface area contributed by atoms with Crippen molar-refractivity contribution in [1.29, 1.82) is 0 Å². The molecule has 0 aliphatic heterocycles. The lowest BCUT2D eigenvalue weighted by molar-refractivity contribution is 0.170. The SMILES string of the molecule is CCC(O)C#CC#CC=CC(O)CCO. The summed E-state index contributed by atoms with van der Waals surface area (Å²) in [6.45, 7) is 1.78. The van der Waals surface area contributed by atoms with Crippen molar-refractivity contribution in [3.05, 3.63) is 12.2 Å². The number of allylic oxidation sites excluding steroid dienone is 1. The van der Waals surface area contributed by atoms with E-state index < -0.39 is 12.2 Å². The van der Waals surface area contributed by atoms with Crippen molar-refractivity contribution in [2.45, 2.75) is 32.0 Å². The molecule has 3 nitrogen and oxygen atoms in total. The minimum absolute atomic E-state index is 0.0541. The third kappa shape index (κ3) is 9.05. The lowest BCUT2D eigenvalue weighted by atomic mass is 10.2. The highest BCUT2D eigenvalue weighted by Crippen LogP contribution is 1.90. The zero-order valence-corrected chi connectivity index (χ0v) is 8.77. The molecule has 0 aliphatic carbocycles. The van der Waals surface area contributed by atoms with Gasteiger partial charge in [0.25, 0.3) is 0 Å². The van der Waals surface area contributed by atoms with Crippen LogP contribution in [0.1, 0.15) is 19.8 Å².